The van der Waals surface area contributed by atoms with Gasteiger partial charge in [0.2, 0.25) is 0 Å². The molecule has 3 heterocycles. The first-order valence-electron chi connectivity index (χ1n) is 19.2. The zero-order valence-electron chi connectivity index (χ0n) is 32.4. The first-order chi connectivity index (χ1) is 27.3. The van der Waals surface area contributed by atoms with Crippen LogP contribution in [0.2, 0.25) is 0 Å². The summed E-state index contributed by atoms with van der Waals surface area (Å²) >= 11 is 0. The van der Waals surface area contributed by atoms with Crippen LogP contribution >= 0.6 is 0 Å². The number of hydrogen-bond donors (Lipinski definition) is 0. The number of fused-ring (bicyclic) bond motifs is 6. The lowest BCUT2D eigenvalue weighted by Crippen LogP contribution is -2.41. The normalized spacial score (nSPS) is 11.6. The molecule has 5 nitrogen and oxygen atoms in total. The van der Waals surface area contributed by atoms with Crippen LogP contribution < -0.4 is 32.8 Å². The summed E-state index contributed by atoms with van der Waals surface area (Å²) in [6.07, 6.45) is 0. The average molecular weight is 712 g/mol. The van der Waals surface area contributed by atoms with Gasteiger partial charge in [0.1, 0.15) is 58.2 Å². The van der Waals surface area contributed by atoms with E-state index in [-0.39, 0.29) is 0 Å². The van der Waals surface area contributed by atoms with Gasteiger partial charge in [-0.25, -0.2) is 15.0 Å². The zero-order valence-corrected chi connectivity index (χ0v) is 32.4. The Morgan fingerprint density at radius 3 is 1.45 bits per heavy atom. The molecule has 0 saturated carbocycles. The van der Waals surface area contributed by atoms with Crippen molar-refractivity contribution < 1.29 is 4.42 Å². The molecule has 0 fully saturated rings. The Morgan fingerprint density at radius 2 is 0.839 bits per heavy atom. The van der Waals surface area contributed by atoms with Gasteiger partial charge in [0.15, 0.2) is 17.5 Å². The van der Waals surface area contributed by atoms with Crippen molar-refractivity contribution in [3.63, 3.8) is 0 Å². The maximum atomic E-state index is 7.11. The molecule has 0 amide bonds. The van der Waals surface area contributed by atoms with Crippen molar-refractivity contribution in [3.05, 3.63) is 133 Å². The van der Waals surface area contributed by atoms with Crippen LogP contribution in [0.1, 0.15) is 0 Å². The van der Waals surface area contributed by atoms with Crippen LogP contribution in [0.25, 0.3) is 94.7 Å². The molecule has 0 saturated heterocycles. The summed E-state index contributed by atoms with van der Waals surface area (Å²) < 4.78 is 9.56. The Bertz CT molecular complexity index is 3150. The Hall–Kier alpha value is -6.46. The summed E-state index contributed by atoms with van der Waals surface area (Å²) in [6, 6.07) is 46.5. The van der Waals surface area contributed by atoms with Crippen LogP contribution in [0.15, 0.2) is 138 Å². The molecule has 0 aliphatic rings. The van der Waals surface area contributed by atoms with E-state index in [1.54, 1.807) is 0 Å². The van der Waals surface area contributed by atoms with Gasteiger partial charge in [-0.3, -0.25) is 0 Å². The van der Waals surface area contributed by atoms with Gasteiger partial charge in [-0.1, -0.05) is 149 Å². The van der Waals surface area contributed by atoms with E-state index in [0.29, 0.717) is 17.5 Å². The molecule has 7 aromatic carbocycles. The number of rotatable bonds is 5. The molecule has 11 heteroatoms. The molecule has 0 spiro atoms. The van der Waals surface area contributed by atoms with Crippen LogP contribution in [-0.2, 0) is 0 Å². The second-order valence-electron chi connectivity index (χ2n) is 15.0. The van der Waals surface area contributed by atoms with Crippen molar-refractivity contribution in [2.75, 3.05) is 0 Å². The summed E-state index contributed by atoms with van der Waals surface area (Å²) in [6.45, 7) is 0. The fraction of sp³-hybridized carbons (Fsp3) is 0. The third-order valence-electron chi connectivity index (χ3n) is 11.9. The largest absolute Gasteiger partial charge is 0.457 e. The Kier molecular flexibility index (Phi) is 7.96. The molecule has 0 radical (unpaired) electrons. The van der Waals surface area contributed by atoms with Gasteiger partial charge in [-0.2, -0.15) is 0 Å². The third-order valence-corrected chi connectivity index (χ3v) is 11.9. The molecule has 10 rings (SSSR count). The van der Waals surface area contributed by atoms with Crippen molar-refractivity contribution in [2.24, 2.45) is 0 Å². The van der Waals surface area contributed by atoms with Crippen LogP contribution in [0.4, 0.5) is 0 Å². The second kappa shape index (κ2) is 13.1. The maximum Gasteiger partial charge on any atom is 0.164 e. The fourth-order valence-electron chi connectivity index (χ4n) is 8.68. The minimum atomic E-state index is 0.630. The summed E-state index contributed by atoms with van der Waals surface area (Å²) in [5.41, 5.74) is 17.4. The SMILES string of the molecule is Bc1c(B)c(-n2c3ccccc3c3ccccc32)c2c(oc3c(B)c(-c4nc(-c5ccccc5)nc(-c5ccc(-c6ccccc6)cc5)n4)c(B)c(B)c32)c1B. The van der Waals surface area contributed by atoms with Crippen molar-refractivity contribution >= 4 is 124 Å². The van der Waals surface area contributed by atoms with Crippen LogP contribution in [0.3, 0.4) is 0 Å². The number of aromatic nitrogens is 4. The minimum Gasteiger partial charge on any atom is -0.457 e. The Labute approximate surface area is 330 Å². The third kappa shape index (κ3) is 5.14. The van der Waals surface area contributed by atoms with E-state index in [4.69, 9.17) is 19.4 Å². The summed E-state index contributed by atoms with van der Waals surface area (Å²) in [5, 5.41) is 4.75. The molecular formula is C45H34B6N4O. The van der Waals surface area contributed by atoms with Crippen LogP contribution in [0, 0.1) is 0 Å². The second-order valence-corrected chi connectivity index (χ2v) is 15.0. The van der Waals surface area contributed by atoms with Crippen molar-refractivity contribution in [2.45, 2.75) is 0 Å². The fourth-order valence-corrected chi connectivity index (χ4v) is 8.68. The highest BCUT2D eigenvalue weighted by molar-refractivity contribution is 6.64. The molecule has 3 aromatic heterocycles. The standard InChI is InChI=1S/C45H34B6N4O/c46-34-31-32-40(55-29-17-9-7-15-27(29)28-16-8-10-18-30(28)55)38(50)37(49)39(51)42(32)56-41(31)36(48)33(35(34)47)45-53-43(25-13-5-2-6-14-25)52-44(54-45)26-21-19-24(20-22-26)23-11-3-1-4-12-23/h1-22H,46-51H2. The van der Waals surface area contributed by atoms with E-state index in [0.717, 1.165) is 66.0 Å². The number of nitrogens with zero attached hydrogens (tertiary/aromatic N) is 4. The molecule has 0 bridgehead atoms. The molecule has 258 valence electrons. The van der Waals surface area contributed by atoms with E-state index in [1.807, 2.05) is 24.3 Å². The molecule has 0 N–H and O–H groups in total. The number of para-hydroxylation sites is 2. The topological polar surface area (TPSA) is 56.7 Å². The van der Waals surface area contributed by atoms with Gasteiger partial charge in [0, 0.05) is 32.8 Å². The highest BCUT2D eigenvalue weighted by atomic mass is 16.3. The van der Waals surface area contributed by atoms with Crippen molar-refractivity contribution in [1.82, 2.24) is 19.5 Å². The molecule has 0 atom stereocenters. The van der Waals surface area contributed by atoms with Gasteiger partial charge in [-0.05, 0) is 28.7 Å². The molecular weight excluding hydrogens is 677 g/mol. The van der Waals surface area contributed by atoms with E-state index >= 15 is 0 Å². The lowest BCUT2D eigenvalue weighted by molar-refractivity contribution is 0.674. The lowest BCUT2D eigenvalue weighted by atomic mass is 9.68. The Balaban J connectivity index is 1.24. The van der Waals surface area contributed by atoms with Gasteiger partial charge < -0.3 is 8.98 Å². The van der Waals surface area contributed by atoms with Crippen molar-refractivity contribution in [3.8, 4) is 51.0 Å². The maximum absolute atomic E-state index is 7.11. The monoisotopic (exact) mass is 712 g/mol. The van der Waals surface area contributed by atoms with E-state index in [1.165, 1.54) is 44.0 Å². The zero-order chi connectivity index (χ0) is 38.2. The van der Waals surface area contributed by atoms with E-state index in [2.05, 4.69) is 161 Å². The lowest BCUT2D eigenvalue weighted by Gasteiger charge is -2.19. The first kappa shape index (κ1) is 34.1. The Morgan fingerprint density at radius 1 is 0.375 bits per heavy atom. The van der Waals surface area contributed by atoms with E-state index in [9.17, 15) is 0 Å². The number of benzene rings is 7. The minimum absolute atomic E-state index is 0.630. The van der Waals surface area contributed by atoms with Crippen LogP contribution in [0.5, 0.6) is 0 Å². The average Bonchev–Trinajstić information content (AvgIpc) is 3.81. The molecule has 0 aliphatic heterocycles. The molecule has 0 unspecified atom stereocenters. The van der Waals surface area contributed by atoms with Crippen molar-refractivity contribution in [1.29, 1.82) is 0 Å². The predicted octanol–water partition coefficient (Wildman–Crippen LogP) is 1.09. The van der Waals surface area contributed by atoms with Gasteiger partial charge in [-0.15, -0.1) is 0 Å². The number of hydrogen-bond acceptors (Lipinski definition) is 4. The quantitative estimate of drug-likeness (QED) is 0.251. The number of furan rings is 1. The van der Waals surface area contributed by atoms with Gasteiger partial charge in [0.05, 0.1) is 22.1 Å². The van der Waals surface area contributed by atoms with Gasteiger partial charge >= 0.3 is 0 Å². The predicted molar refractivity (Wildman–Crippen MR) is 252 cm³/mol. The molecule has 10 aromatic rings. The highest BCUT2D eigenvalue weighted by Crippen LogP contribution is 2.37. The van der Waals surface area contributed by atoms with Gasteiger partial charge in [0.25, 0.3) is 0 Å². The smallest absolute Gasteiger partial charge is 0.164 e. The highest BCUT2D eigenvalue weighted by Gasteiger charge is 2.27. The summed E-state index contributed by atoms with van der Waals surface area (Å²) in [7, 11) is 13.2. The summed E-state index contributed by atoms with van der Waals surface area (Å²) in [4.78, 5) is 15.5. The van der Waals surface area contributed by atoms with Crippen LogP contribution in [-0.4, -0.2) is 66.6 Å². The summed E-state index contributed by atoms with van der Waals surface area (Å²) in [5.74, 6) is 1.90. The molecule has 0 aliphatic carbocycles. The molecule has 56 heavy (non-hydrogen) atoms. The first-order valence-corrected chi connectivity index (χ1v) is 19.2. The van der Waals surface area contributed by atoms with E-state index < -0.39 is 0 Å².